The molecule has 1 aromatic heterocycles. The maximum absolute atomic E-state index is 12.1. The van der Waals surface area contributed by atoms with Gasteiger partial charge in [0.05, 0.1) is 16.7 Å². The van der Waals surface area contributed by atoms with Gasteiger partial charge in [0.1, 0.15) is 5.75 Å². The number of hydrogen-bond donors (Lipinski definition) is 1. The number of carbonyl (C=O) groups excluding carboxylic acids is 1. The number of aromatic nitrogens is 1. The van der Waals surface area contributed by atoms with E-state index in [-0.39, 0.29) is 24.0 Å². The summed E-state index contributed by atoms with van der Waals surface area (Å²) in [5.41, 5.74) is 5.25. The lowest BCUT2D eigenvalue weighted by molar-refractivity contribution is -0.384. The Kier molecular flexibility index (Phi) is 5.70. The average molecular weight is 397 g/mol. The zero-order chi connectivity index (χ0) is 20.3. The van der Waals surface area contributed by atoms with Gasteiger partial charge in [-0.2, -0.15) is 0 Å². The summed E-state index contributed by atoms with van der Waals surface area (Å²) < 4.78 is 5.33. The number of nitrogens with zero attached hydrogens (tertiary/aromatic N) is 2. The van der Waals surface area contributed by atoms with Gasteiger partial charge in [-0.05, 0) is 38.0 Å². The van der Waals surface area contributed by atoms with Crippen molar-refractivity contribution in [3.05, 3.63) is 68.6 Å². The van der Waals surface area contributed by atoms with Gasteiger partial charge in [-0.3, -0.25) is 20.2 Å². The minimum Gasteiger partial charge on any atom is -0.484 e. The van der Waals surface area contributed by atoms with E-state index in [1.165, 1.54) is 35.1 Å². The van der Waals surface area contributed by atoms with Gasteiger partial charge in [0.2, 0.25) is 0 Å². The van der Waals surface area contributed by atoms with Crippen LogP contribution in [0.5, 0.6) is 5.75 Å². The van der Waals surface area contributed by atoms with Gasteiger partial charge in [0, 0.05) is 17.0 Å². The Hall–Kier alpha value is -3.26. The number of thiazole rings is 1. The lowest BCUT2D eigenvalue weighted by Gasteiger charge is -2.09. The fraction of sp³-hybridized carbons (Fsp3) is 0.200. The zero-order valence-corrected chi connectivity index (χ0v) is 16.5. The Morgan fingerprint density at radius 3 is 2.61 bits per heavy atom. The molecular formula is C20H19N3O4S. The predicted octanol–water partition coefficient (Wildman–Crippen LogP) is 4.66. The van der Waals surface area contributed by atoms with Crippen LogP contribution in [0.2, 0.25) is 0 Å². The van der Waals surface area contributed by atoms with Gasteiger partial charge >= 0.3 is 0 Å². The molecule has 0 saturated heterocycles. The number of ether oxygens (including phenoxy) is 1. The van der Waals surface area contributed by atoms with E-state index in [0.29, 0.717) is 5.13 Å². The second kappa shape index (κ2) is 8.18. The van der Waals surface area contributed by atoms with Crippen LogP contribution in [0.25, 0.3) is 11.3 Å². The van der Waals surface area contributed by atoms with Crippen molar-refractivity contribution in [1.82, 2.24) is 4.98 Å². The molecule has 0 atom stereocenters. The molecule has 3 rings (SSSR count). The number of carbonyl (C=O) groups is 1. The molecule has 0 fully saturated rings. The molecule has 0 aliphatic rings. The molecule has 0 radical (unpaired) electrons. The Morgan fingerprint density at radius 2 is 1.93 bits per heavy atom. The van der Waals surface area contributed by atoms with Crippen LogP contribution in [0.1, 0.15) is 16.7 Å². The monoisotopic (exact) mass is 397 g/mol. The van der Waals surface area contributed by atoms with Crippen LogP contribution < -0.4 is 10.1 Å². The van der Waals surface area contributed by atoms with E-state index in [4.69, 9.17) is 4.74 Å². The topological polar surface area (TPSA) is 94.4 Å². The van der Waals surface area contributed by atoms with Crippen molar-refractivity contribution in [3.8, 4) is 17.0 Å². The summed E-state index contributed by atoms with van der Waals surface area (Å²) in [6, 6.07) is 9.91. The second-order valence-electron chi connectivity index (χ2n) is 6.40. The van der Waals surface area contributed by atoms with Gasteiger partial charge in [-0.15, -0.1) is 11.3 Å². The number of anilines is 1. The van der Waals surface area contributed by atoms with Crippen molar-refractivity contribution in [2.45, 2.75) is 20.8 Å². The van der Waals surface area contributed by atoms with Crippen molar-refractivity contribution in [2.24, 2.45) is 0 Å². The summed E-state index contributed by atoms with van der Waals surface area (Å²) in [5, 5.41) is 15.9. The number of hydrogen-bond acceptors (Lipinski definition) is 6. The van der Waals surface area contributed by atoms with Crippen LogP contribution in [0.15, 0.2) is 41.8 Å². The van der Waals surface area contributed by atoms with Crippen LogP contribution >= 0.6 is 11.3 Å². The van der Waals surface area contributed by atoms with Crippen LogP contribution in [0.4, 0.5) is 10.8 Å². The molecule has 144 valence electrons. The summed E-state index contributed by atoms with van der Waals surface area (Å²) in [5.74, 6) is -0.125. The summed E-state index contributed by atoms with van der Waals surface area (Å²) in [4.78, 5) is 26.9. The summed E-state index contributed by atoms with van der Waals surface area (Å²) in [6.07, 6.45) is 0. The third-order valence-electron chi connectivity index (χ3n) is 4.08. The molecule has 7 nitrogen and oxygen atoms in total. The fourth-order valence-corrected chi connectivity index (χ4v) is 3.74. The molecule has 0 spiro atoms. The highest BCUT2D eigenvalue weighted by atomic mass is 32.1. The first-order chi connectivity index (χ1) is 13.3. The van der Waals surface area contributed by atoms with Gasteiger partial charge in [0.25, 0.3) is 11.6 Å². The molecule has 8 heteroatoms. The quantitative estimate of drug-likeness (QED) is 0.482. The molecule has 0 unspecified atom stereocenters. The number of nitrogens with one attached hydrogen (secondary N) is 1. The van der Waals surface area contributed by atoms with E-state index in [9.17, 15) is 14.9 Å². The maximum atomic E-state index is 12.1. The summed E-state index contributed by atoms with van der Waals surface area (Å²) in [6.45, 7) is 5.87. The van der Waals surface area contributed by atoms with Crippen LogP contribution in [0.3, 0.4) is 0 Å². The van der Waals surface area contributed by atoms with Gasteiger partial charge in [0.15, 0.2) is 11.7 Å². The highest BCUT2D eigenvalue weighted by Crippen LogP contribution is 2.31. The van der Waals surface area contributed by atoms with Crippen LogP contribution in [-0.4, -0.2) is 22.4 Å². The number of nitro benzene ring substituents is 1. The van der Waals surface area contributed by atoms with Crippen molar-refractivity contribution in [3.63, 3.8) is 0 Å². The first-order valence-corrected chi connectivity index (χ1v) is 9.42. The van der Waals surface area contributed by atoms with E-state index in [2.05, 4.69) is 29.4 Å². The molecule has 0 aliphatic heterocycles. The lowest BCUT2D eigenvalue weighted by atomic mass is 9.98. The molecule has 2 aromatic carbocycles. The van der Waals surface area contributed by atoms with Crippen LogP contribution in [0, 0.1) is 30.9 Å². The van der Waals surface area contributed by atoms with E-state index in [1.807, 2.05) is 19.2 Å². The van der Waals surface area contributed by atoms with E-state index in [0.717, 1.165) is 22.4 Å². The molecule has 0 aliphatic carbocycles. The first kappa shape index (κ1) is 19.5. The molecule has 28 heavy (non-hydrogen) atoms. The maximum Gasteiger partial charge on any atom is 0.273 e. The molecule has 1 amide bonds. The van der Waals surface area contributed by atoms with Gasteiger partial charge < -0.3 is 4.74 Å². The molecule has 0 bridgehead atoms. The molecule has 0 saturated carbocycles. The largest absolute Gasteiger partial charge is 0.484 e. The minimum absolute atomic E-state index is 0.0914. The van der Waals surface area contributed by atoms with Crippen LogP contribution in [-0.2, 0) is 4.79 Å². The van der Waals surface area contributed by atoms with Crippen molar-refractivity contribution >= 4 is 28.1 Å². The third-order valence-corrected chi connectivity index (χ3v) is 4.84. The Morgan fingerprint density at radius 1 is 1.21 bits per heavy atom. The highest BCUT2D eigenvalue weighted by molar-refractivity contribution is 7.14. The molecule has 1 heterocycles. The SMILES string of the molecule is Cc1cc(C)c(-c2csc(NC(=O)COc3cccc([N+](=O)[O-])c3)n2)c(C)c1. The number of aryl methyl sites for hydroxylation is 3. The Balaban J connectivity index is 1.65. The minimum atomic E-state index is -0.515. The number of amides is 1. The first-order valence-electron chi connectivity index (χ1n) is 8.54. The number of nitro groups is 1. The van der Waals surface area contributed by atoms with E-state index < -0.39 is 4.92 Å². The standard InChI is InChI=1S/C20H19N3O4S/c1-12-7-13(2)19(14(3)8-12)17-11-28-20(21-17)22-18(24)10-27-16-6-4-5-15(9-16)23(25)26/h4-9,11H,10H2,1-3H3,(H,21,22,24). The lowest BCUT2D eigenvalue weighted by Crippen LogP contribution is -2.20. The summed E-state index contributed by atoms with van der Waals surface area (Å²) >= 11 is 1.33. The summed E-state index contributed by atoms with van der Waals surface area (Å²) in [7, 11) is 0. The van der Waals surface area contributed by atoms with Crippen molar-refractivity contribution in [2.75, 3.05) is 11.9 Å². The number of non-ortho nitro benzene ring substituents is 1. The molecule has 1 N–H and O–H groups in total. The average Bonchev–Trinajstić information content (AvgIpc) is 3.07. The Labute approximate surface area is 166 Å². The van der Waals surface area contributed by atoms with Crippen molar-refractivity contribution < 1.29 is 14.5 Å². The van der Waals surface area contributed by atoms with Gasteiger partial charge in [-0.1, -0.05) is 23.8 Å². The smallest absolute Gasteiger partial charge is 0.273 e. The van der Waals surface area contributed by atoms with Gasteiger partial charge in [-0.25, -0.2) is 4.98 Å². The predicted molar refractivity (Wildman–Crippen MR) is 109 cm³/mol. The molecular weight excluding hydrogens is 378 g/mol. The zero-order valence-electron chi connectivity index (χ0n) is 15.7. The number of rotatable bonds is 6. The highest BCUT2D eigenvalue weighted by Gasteiger charge is 2.13. The fourth-order valence-electron chi connectivity index (χ4n) is 3.02. The number of benzene rings is 2. The van der Waals surface area contributed by atoms with Crippen molar-refractivity contribution in [1.29, 1.82) is 0 Å². The second-order valence-corrected chi connectivity index (χ2v) is 7.26. The normalized spacial score (nSPS) is 10.5. The van der Waals surface area contributed by atoms with E-state index in [1.54, 1.807) is 6.07 Å². The molecule has 3 aromatic rings. The van der Waals surface area contributed by atoms with E-state index >= 15 is 0 Å². The Bertz CT molecular complexity index is 1020. The third kappa shape index (κ3) is 4.52.